The largest absolute Gasteiger partial charge is 0.308 e. The summed E-state index contributed by atoms with van der Waals surface area (Å²) in [6, 6.07) is 84.7. The molecule has 0 bridgehead atoms. The Kier molecular flexibility index (Phi) is 11.5. The molecule has 3 aromatic heterocycles. The van der Waals surface area contributed by atoms with Gasteiger partial charge in [0.15, 0.2) is 17.5 Å². The van der Waals surface area contributed by atoms with Gasteiger partial charge in [-0.2, -0.15) is 0 Å². The third kappa shape index (κ3) is 8.10. The van der Waals surface area contributed by atoms with Gasteiger partial charge < -0.3 is 4.57 Å². The molecule has 1 atom stereocenters. The minimum absolute atomic E-state index is 0.0473. The van der Waals surface area contributed by atoms with Crippen LogP contribution in [0.3, 0.4) is 0 Å². The molecule has 3 heterocycles. The summed E-state index contributed by atoms with van der Waals surface area (Å²) in [7, 11) is 0. The predicted molar refractivity (Wildman–Crippen MR) is 313 cm³/mol. The Balaban J connectivity index is 1.10. The lowest BCUT2D eigenvalue weighted by Crippen LogP contribution is -2.04. The molecule has 13 aromatic rings. The summed E-state index contributed by atoms with van der Waals surface area (Å²) < 4.78 is 5.06. The van der Waals surface area contributed by atoms with Gasteiger partial charge in [-0.3, -0.25) is 0 Å². The number of rotatable bonds is 12. The Morgan fingerprint density at radius 3 is 1.47 bits per heavy atom. The molecular weight excluding hydrogens is 917 g/mol. The molecule has 350 valence electrons. The number of fused-ring (bicyclic) bond motifs is 6. The van der Waals surface area contributed by atoms with Crippen molar-refractivity contribution in [1.29, 1.82) is 0 Å². The van der Waals surface area contributed by atoms with Crippen molar-refractivity contribution in [3.8, 4) is 84.4 Å². The third-order valence-electron chi connectivity index (χ3n) is 14.3. The smallest absolute Gasteiger partial charge is 0.164 e. The lowest BCUT2D eigenvalue weighted by Gasteiger charge is -2.21. The van der Waals surface area contributed by atoms with Crippen LogP contribution < -0.4 is 0 Å². The fraction of sp³-hybridized carbons (Fsp3) is 0.0290. The normalized spacial score (nSPS) is 11.9. The zero-order valence-corrected chi connectivity index (χ0v) is 41.4. The van der Waals surface area contributed by atoms with E-state index >= 15 is 0 Å². The van der Waals surface area contributed by atoms with Crippen molar-refractivity contribution in [2.75, 3.05) is 0 Å². The quantitative estimate of drug-likeness (QED) is 0.115. The molecule has 0 radical (unpaired) electrons. The zero-order valence-electron chi connectivity index (χ0n) is 40.6. The SMILES string of the molecule is C=CCC(C=C)c1cc(-c2ccccc2)cc(-c2nc(-c3ccc(-c4ccccc4)cc3)nc(-c3cc(-c4ccccc4)c(-n4c5ccccc5c5cc6sc7ccccc7c6cc54)c(-c4ccccc4)c3)n2)c1. The van der Waals surface area contributed by atoms with Crippen LogP contribution in [0.5, 0.6) is 0 Å². The number of hydrogen-bond acceptors (Lipinski definition) is 4. The van der Waals surface area contributed by atoms with E-state index in [1.165, 1.54) is 30.9 Å². The molecular formula is C69H48N4S. The Morgan fingerprint density at radius 1 is 0.378 bits per heavy atom. The number of hydrogen-bond donors (Lipinski definition) is 0. The maximum atomic E-state index is 5.52. The van der Waals surface area contributed by atoms with E-state index in [0.717, 1.165) is 89.9 Å². The van der Waals surface area contributed by atoms with Gasteiger partial charge in [-0.15, -0.1) is 24.5 Å². The fourth-order valence-corrected chi connectivity index (χ4v) is 11.8. The number of aromatic nitrogens is 4. The van der Waals surface area contributed by atoms with Crippen molar-refractivity contribution in [2.24, 2.45) is 0 Å². The van der Waals surface area contributed by atoms with Gasteiger partial charge in [0.05, 0.1) is 16.7 Å². The van der Waals surface area contributed by atoms with Crippen molar-refractivity contribution >= 4 is 53.3 Å². The molecule has 0 spiro atoms. The first-order valence-corrected chi connectivity index (χ1v) is 25.9. The highest BCUT2D eigenvalue weighted by molar-refractivity contribution is 7.25. The van der Waals surface area contributed by atoms with E-state index in [2.05, 4.69) is 248 Å². The van der Waals surface area contributed by atoms with Crippen LogP contribution in [0.1, 0.15) is 17.9 Å². The Hall–Kier alpha value is -9.29. The highest BCUT2D eigenvalue weighted by atomic mass is 32.1. The first-order valence-electron chi connectivity index (χ1n) is 25.1. The summed E-state index contributed by atoms with van der Waals surface area (Å²) in [6.07, 6.45) is 4.72. The Labute approximate surface area is 434 Å². The van der Waals surface area contributed by atoms with Crippen LogP contribution in [0, 0.1) is 0 Å². The van der Waals surface area contributed by atoms with Gasteiger partial charge in [0.2, 0.25) is 0 Å². The average Bonchev–Trinajstić information content (AvgIpc) is 4.01. The Morgan fingerprint density at radius 2 is 0.865 bits per heavy atom. The van der Waals surface area contributed by atoms with E-state index in [1.54, 1.807) is 0 Å². The van der Waals surface area contributed by atoms with Gasteiger partial charge in [-0.1, -0.05) is 200 Å². The monoisotopic (exact) mass is 964 g/mol. The van der Waals surface area contributed by atoms with Crippen molar-refractivity contribution in [1.82, 2.24) is 19.5 Å². The van der Waals surface area contributed by atoms with E-state index in [1.807, 2.05) is 29.6 Å². The van der Waals surface area contributed by atoms with Crippen molar-refractivity contribution in [2.45, 2.75) is 12.3 Å². The Bertz CT molecular complexity index is 4170. The van der Waals surface area contributed by atoms with Gasteiger partial charge in [0, 0.05) is 64.7 Å². The molecule has 0 saturated carbocycles. The van der Waals surface area contributed by atoms with Gasteiger partial charge in [0.1, 0.15) is 0 Å². The lowest BCUT2D eigenvalue weighted by atomic mass is 9.90. The second-order valence-corrected chi connectivity index (χ2v) is 19.9. The number of allylic oxidation sites excluding steroid dienone is 2. The second kappa shape index (κ2) is 19.0. The molecule has 74 heavy (non-hydrogen) atoms. The van der Waals surface area contributed by atoms with Crippen LogP contribution in [-0.4, -0.2) is 19.5 Å². The van der Waals surface area contributed by atoms with Crippen molar-refractivity contribution < 1.29 is 0 Å². The highest BCUT2D eigenvalue weighted by Crippen LogP contribution is 2.46. The molecule has 10 aromatic carbocycles. The van der Waals surface area contributed by atoms with Crippen LogP contribution in [0.15, 0.2) is 262 Å². The summed E-state index contributed by atoms with van der Waals surface area (Å²) in [5.41, 5.74) is 15.9. The summed E-state index contributed by atoms with van der Waals surface area (Å²) in [6.45, 7) is 8.35. The molecule has 0 aliphatic rings. The zero-order chi connectivity index (χ0) is 49.5. The summed E-state index contributed by atoms with van der Waals surface area (Å²) in [5.74, 6) is 1.79. The van der Waals surface area contributed by atoms with Crippen LogP contribution in [0.2, 0.25) is 0 Å². The van der Waals surface area contributed by atoms with Crippen molar-refractivity contribution in [3.63, 3.8) is 0 Å². The van der Waals surface area contributed by atoms with Crippen LogP contribution >= 0.6 is 11.3 Å². The molecule has 0 aliphatic carbocycles. The number of benzene rings is 10. The van der Waals surface area contributed by atoms with Crippen LogP contribution in [-0.2, 0) is 0 Å². The van der Waals surface area contributed by atoms with E-state index in [-0.39, 0.29) is 5.92 Å². The van der Waals surface area contributed by atoms with E-state index in [0.29, 0.717) is 17.5 Å². The summed E-state index contributed by atoms with van der Waals surface area (Å²) in [4.78, 5) is 16.3. The lowest BCUT2D eigenvalue weighted by molar-refractivity contribution is 0.868. The molecule has 0 N–H and O–H groups in total. The molecule has 0 amide bonds. The highest BCUT2D eigenvalue weighted by Gasteiger charge is 2.24. The molecule has 1 unspecified atom stereocenters. The van der Waals surface area contributed by atoms with E-state index in [9.17, 15) is 0 Å². The summed E-state index contributed by atoms with van der Waals surface area (Å²) >= 11 is 1.86. The van der Waals surface area contributed by atoms with E-state index < -0.39 is 0 Å². The topological polar surface area (TPSA) is 43.6 Å². The minimum atomic E-state index is 0.0473. The maximum absolute atomic E-state index is 5.52. The maximum Gasteiger partial charge on any atom is 0.164 e. The molecule has 0 fully saturated rings. The van der Waals surface area contributed by atoms with Gasteiger partial charge in [-0.25, -0.2) is 15.0 Å². The molecule has 5 heteroatoms. The number of thiophene rings is 1. The summed E-state index contributed by atoms with van der Waals surface area (Å²) in [5, 5.41) is 4.95. The minimum Gasteiger partial charge on any atom is -0.308 e. The van der Waals surface area contributed by atoms with Gasteiger partial charge >= 0.3 is 0 Å². The molecule has 0 saturated heterocycles. The van der Waals surface area contributed by atoms with Gasteiger partial charge in [-0.05, 0) is 93.9 Å². The van der Waals surface area contributed by atoms with Gasteiger partial charge in [0.25, 0.3) is 0 Å². The predicted octanol–water partition coefficient (Wildman–Crippen LogP) is 18.9. The number of nitrogens with zero attached hydrogens (tertiary/aromatic N) is 4. The molecule has 13 rings (SSSR count). The average molecular weight is 965 g/mol. The first kappa shape index (κ1) is 44.6. The van der Waals surface area contributed by atoms with Crippen LogP contribution in [0.4, 0.5) is 0 Å². The standard InChI is InChI=1S/C69H48N4S/c1-3-21-45(4-2)52-38-53(47-24-11-6-12-25-47)40-54(39-52)68-70-67(51-36-34-48(35-37-51)46-22-9-5-10-23-46)71-69(72-68)55-41-58(49-26-13-7-14-27-49)66(59(42-55)50-28-15-8-16-29-50)73-62-32-19-17-30-56(62)60-44-65-61(43-63(60)73)57-31-18-20-33-64(57)74-65/h3-20,22-45H,1-2,21H2. The van der Waals surface area contributed by atoms with E-state index in [4.69, 9.17) is 15.0 Å². The number of para-hydroxylation sites is 1. The first-order chi connectivity index (χ1) is 36.6. The molecule has 4 nitrogen and oxygen atoms in total. The fourth-order valence-electron chi connectivity index (χ4n) is 10.7. The molecule has 0 aliphatic heterocycles. The second-order valence-electron chi connectivity index (χ2n) is 18.8. The van der Waals surface area contributed by atoms with Crippen LogP contribution in [0.25, 0.3) is 126 Å². The van der Waals surface area contributed by atoms with Crippen molar-refractivity contribution in [3.05, 3.63) is 267 Å². The third-order valence-corrected chi connectivity index (χ3v) is 15.4.